The molecule has 3 rings (SSSR count). The molecule has 0 spiro atoms. The van der Waals surface area contributed by atoms with Gasteiger partial charge in [-0.3, -0.25) is 0 Å². The number of benzene rings is 2. The largest absolute Gasteiger partial charge is 0.490 e. The highest BCUT2D eigenvalue weighted by atomic mass is 16.5. The predicted molar refractivity (Wildman–Crippen MR) is 101 cm³/mol. The lowest BCUT2D eigenvalue weighted by atomic mass is 10.2. The Morgan fingerprint density at radius 1 is 0.680 bits per heavy atom. The molecule has 0 saturated heterocycles. The third-order valence-corrected chi connectivity index (χ3v) is 4.50. The molecule has 0 amide bonds. The first-order valence-corrected chi connectivity index (χ1v) is 9.01. The summed E-state index contributed by atoms with van der Waals surface area (Å²) < 4.78 is 12.0. The van der Waals surface area contributed by atoms with Crippen molar-refractivity contribution in [1.82, 2.24) is 9.80 Å². The van der Waals surface area contributed by atoms with Gasteiger partial charge in [0.2, 0.25) is 0 Å². The molecule has 0 bridgehead atoms. The van der Waals surface area contributed by atoms with E-state index >= 15 is 0 Å². The van der Waals surface area contributed by atoms with Crippen LogP contribution >= 0.6 is 0 Å². The summed E-state index contributed by atoms with van der Waals surface area (Å²) in [4.78, 5) is 4.72. The molecule has 1 heterocycles. The van der Waals surface area contributed by atoms with E-state index in [1.54, 1.807) is 0 Å². The normalized spacial score (nSPS) is 18.0. The fraction of sp³-hybridized carbons (Fsp3) is 0.429. The quantitative estimate of drug-likeness (QED) is 0.734. The summed E-state index contributed by atoms with van der Waals surface area (Å²) in [5.74, 6) is 1.91. The molecule has 0 radical (unpaired) electrons. The van der Waals surface area contributed by atoms with Crippen LogP contribution < -0.4 is 9.47 Å². The Morgan fingerprint density at radius 3 is 1.60 bits per heavy atom. The summed E-state index contributed by atoms with van der Waals surface area (Å²) in [5.41, 5.74) is 2.46. The van der Waals surface area contributed by atoms with Gasteiger partial charge in [-0.1, -0.05) is 36.4 Å². The third-order valence-electron chi connectivity index (χ3n) is 4.50. The smallest absolute Gasteiger partial charge is 0.123 e. The van der Waals surface area contributed by atoms with E-state index in [9.17, 15) is 0 Å². The maximum atomic E-state index is 5.99. The Hall–Kier alpha value is -2.04. The van der Waals surface area contributed by atoms with Crippen molar-refractivity contribution in [3.63, 3.8) is 0 Å². The van der Waals surface area contributed by atoms with Gasteiger partial charge in [0.25, 0.3) is 0 Å². The van der Waals surface area contributed by atoms with Crippen LogP contribution in [0, 0.1) is 0 Å². The summed E-state index contributed by atoms with van der Waals surface area (Å²) in [6, 6.07) is 16.6. The molecular weight excluding hydrogens is 312 g/mol. The van der Waals surface area contributed by atoms with Crippen molar-refractivity contribution >= 4 is 0 Å². The summed E-state index contributed by atoms with van der Waals surface area (Å²) in [7, 11) is 4.35. The van der Waals surface area contributed by atoms with Crippen LogP contribution in [0.3, 0.4) is 0 Å². The summed E-state index contributed by atoms with van der Waals surface area (Å²) in [5, 5.41) is 0. The van der Waals surface area contributed by atoms with Crippen LogP contribution in [0.4, 0.5) is 0 Å². The van der Waals surface area contributed by atoms with Gasteiger partial charge >= 0.3 is 0 Å². The zero-order chi connectivity index (χ0) is 17.5. The van der Waals surface area contributed by atoms with Crippen molar-refractivity contribution in [2.24, 2.45) is 0 Å². The molecule has 0 N–H and O–H groups in total. The minimum absolute atomic E-state index is 0.547. The molecule has 4 nitrogen and oxygen atoms in total. The topological polar surface area (TPSA) is 24.9 Å². The van der Waals surface area contributed by atoms with Gasteiger partial charge in [-0.15, -0.1) is 0 Å². The van der Waals surface area contributed by atoms with E-state index in [1.807, 2.05) is 24.3 Å². The lowest BCUT2D eigenvalue weighted by molar-refractivity contribution is 0.212. The highest BCUT2D eigenvalue weighted by molar-refractivity contribution is 5.34. The molecule has 1 aliphatic heterocycles. The molecule has 4 heteroatoms. The highest BCUT2D eigenvalue weighted by Gasteiger charge is 2.10. The van der Waals surface area contributed by atoms with Crippen molar-refractivity contribution in [2.75, 3.05) is 40.4 Å². The van der Waals surface area contributed by atoms with Crippen molar-refractivity contribution in [3.8, 4) is 11.5 Å². The van der Waals surface area contributed by atoms with E-state index < -0.39 is 0 Å². The zero-order valence-electron chi connectivity index (χ0n) is 15.3. The average molecular weight is 340 g/mol. The number of ether oxygens (including phenoxy) is 2. The minimum atomic E-state index is 0.547. The molecule has 134 valence electrons. The number of nitrogens with zero attached hydrogens (tertiary/aromatic N) is 2. The van der Waals surface area contributed by atoms with Crippen LogP contribution in [0.15, 0.2) is 48.5 Å². The fourth-order valence-electron chi connectivity index (χ4n) is 3.20. The van der Waals surface area contributed by atoms with Gasteiger partial charge in [-0.2, -0.15) is 0 Å². The molecule has 2 aromatic carbocycles. The lowest BCUT2D eigenvalue weighted by Crippen LogP contribution is -2.25. The first-order valence-electron chi connectivity index (χ1n) is 9.01. The van der Waals surface area contributed by atoms with E-state index in [-0.39, 0.29) is 0 Å². The Bertz CT molecular complexity index is 617. The molecular formula is C21H28N2O2. The maximum absolute atomic E-state index is 5.99. The van der Waals surface area contributed by atoms with Crippen LogP contribution in [-0.2, 0) is 13.1 Å². The van der Waals surface area contributed by atoms with Gasteiger partial charge in [-0.05, 0) is 45.7 Å². The molecule has 1 aliphatic rings. The number of fused-ring (bicyclic) bond motifs is 2. The molecule has 25 heavy (non-hydrogen) atoms. The second-order valence-corrected chi connectivity index (χ2v) is 6.74. The van der Waals surface area contributed by atoms with E-state index in [4.69, 9.17) is 9.47 Å². The van der Waals surface area contributed by atoms with Crippen molar-refractivity contribution in [1.29, 1.82) is 0 Å². The fourth-order valence-corrected chi connectivity index (χ4v) is 3.20. The number of hydrogen-bond acceptors (Lipinski definition) is 4. The summed E-state index contributed by atoms with van der Waals surface area (Å²) >= 11 is 0. The Labute approximate surface area is 151 Å². The Balaban J connectivity index is 1.75. The first-order chi connectivity index (χ1) is 12.2. The van der Waals surface area contributed by atoms with E-state index in [0.29, 0.717) is 13.2 Å². The van der Waals surface area contributed by atoms with Crippen molar-refractivity contribution in [2.45, 2.75) is 19.5 Å². The molecule has 0 aliphatic carbocycles. The Kier molecular flexibility index (Phi) is 6.31. The second-order valence-electron chi connectivity index (χ2n) is 6.74. The lowest BCUT2D eigenvalue weighted by Gasteiger charge is -2.21. The van der Waals surface area contributed by atoms with Crippen LogP contribution in [0.25, 0.3) is 0 Å². The zero-order valence-corrected chi connectivity index (χ0v) is 15.3. The van der Waals surface area contributed by atoms with Gasteiger partial charge in [0, 0.05) is 24.2 Å². The minimum Gasteiger partial charge on any atom is -0.490 e. The first kappa shape index (κ1) is 17.8. The van der Waals surface area contributed by atoms with Gasteiger partial charge in [0.1, 0.15) is 24.7 Å². The van der Waals surface area contributed by atoms with Gasteiger partial charge in [0.15, 0.2) is 0 Å². The molecule has 2 aromatic rings. The third kappa shape index (κ3) is 5.21. The van der Waals surface area contributed by atoms with E-state index in [2.05, 4.69) is 48.2 Å². The van der Waals surface area contributed by atoms with Gasteiger partial charge in [-0.25, -0.2) is 0 Å². The molecule has 0 unspecified atom stereocenters. The SMILES string of the molecule is CN1CCCN(C)Cc2ccccc2OCCOc2ccccc2C1. The molecule has 0 atom stereocenters. The van der Waals surface area contributed by atoms with Crippen LogP contribution in [0.2, 0.25) is 0 Å². The van der Waals surface area contributed by atoms with Crippen molar-refractivity contribution < 1.29 is 9.47 Å². The van der Waals surface area contributed by atoms with Crippen LogP contribution in [0.5, 0.6) is 11.5 Å². The van der Waals surface area contributed by atoms with Crippen molar-refractivity contribution in [3.05, 3.63) is 59.7 Å². The maximum Gasteiger partial charge on any atom is 0.123 e. The molecule has 0 aromatic heterocycles. The predicted octanol–water partition coefficient (Wildman–Crippen LogP) is 3.41. The number of hydrogen-bond donors (Lipinski definition) is 0. The van der Waals surface area contributed by atoms with Gasteiger partial charge < -0.3 is 19.3 Å². The summed E-state index contributed by atoms with van der Waals surface area (Å²) in [6.45, 7) is 5.03. The second kappa shape index (κ2) is 8.88. The molecule has 0 fully saturated rings. The standard InChI is InChI=1S/C21H28N2O2/c1-22-12-7-13-23(2)17-19-9-4-6-11-21(19)25-15-14-24-20-10-5-3-8-18(20)16-22/h3-6,8-11H,7,12-17H2,1-2H3. The van der Waals surface area contributed by atoms with E-state index in [0.717, 1.165) is 44.1 Å². The van der Waals surface area contributed by atoms with Crippen LogP contribution in [-0.4, -0.2) is 50.2 Å². The highest BCUT2D eigenvalue weighted by Crippen LogP contribution is 2.22. The monoisotopic (exact) mass is 340 g/mol. The van der Waals surface area contributed by atoms with Gasteiger partial charge in [0.05, 0.1) is 0 Å². The average Bonchev–Trinajstić information content (AvgIpc) is 2.61. The summed E-state index contributed by atoms with van der Waals surface area (Å²) in [6.07, 6.45) is 1.14. The number of rotatable bonds is 0. The number of para-hydroxylation sites is 2. The van der Waals surface area contributed by atoms with E-state index in [1.165, 1.54) is 11.1 Å². The molecule has 0 saturated carbocycles. The Morgan fingerprint density at radius 2 is 1.12 bits per heavy atom. The van der Waals surface area contributed by atoms with Crippen LogP contribution in [0.1, 0.15) is 17.5 Å².